The van der Waals surface area contributed by atoms with E-state index in [0.717, 1.165) is 3.94 Å². The third kappa shape index (κ3) is 5.98. The smallest absolute Gasteiger partial charge is 0.0940 e. The van der Waals surface area contributed by atoms with Gasteiger partial charge in [0.1, 0.15) is 0 Å². The summed E-state index contributed by atoms with van der Waals surface area (Å²) >= 11 is 10.1. The Kier molecular flexibility index (Phi) is 10.4. The number of hydrogen-bond donors (Lipinski definition) is 1. The molecule has 0 aromatic carbocycles. The highest BCUT2D eigenvalue weighted by Crippen LogP contribution is 2.63. The van der Waals surface area contributed by atoms with Gasteiger partial charge in [0.25, 0.3) is 0 Å². The highest BCUT2D eigenvalue weighted by atomic mass is 32.1. The summed E-state index contributed by atoms with van der Waals surface area (Å²) in [5, 5.41) is 0. The van der Waals surface area contributed by atoms with Crippen molar-refractivity contribution in [2.75, 3.05) is 18.5 Å². The number of unbranched alkanes of at least 4 members (excludes halogenated alkanes) is 3. The van der Waals surface area contributed by atoms with E-state index in [2.05, 4.69) is 33.4 Å². The van der Waals surface area contributed by atoms with Crippen LogP contribution in [0.1, 0.15) is 59.3 Å². The zero-order chi connectivity index (χ0) is 12.4. The molecule has 96 valence electrons. The molecule has 3 heteroatoms. The standard InChI is InChI=1S/C13H27PS2/c1-4-7-10-14(13(15)16,11-8-5-2)12-9-6-3/h4-12H2,1-3H3/p+1. The van der Waals surface area contributed by atoms with E-state index in [1.807, 2.05) is 0 Å². The molecule has 0 aliphatic heterocycles. The van der Waals surface area contributed by atoms with Crippen molar-refractivity contribution in [1.82, 2.24) is 0 Å². The second kappa shape index (κ2) is 9.85. The quantitative estimate of drug-likeness (QED) is 0.308. The fourth-order valence-corrected chi connectivity index (χ4v) is 7.74. The van der Waals surface area contributed by atoms with Crippen molar-refractivity contribution in [3.8, 4) is 0 Å². The molecule has 0 spiro atoms. The van der Waals surface area contributed by atoms with E-state index < -0.39 is 7.26 Å². The molecule has 0 amide bonds. The highest BCUT2D eigenvalue weighted by Gasteiger charge is 2.38. The van der Waals surface area contributed by atoms with Gasteiger partial charge in [-0.15, -0.1) is 0 Å². The molecule has 0 aliphatic rings. The third-order valence-electron chi connectivity index (χ3n) is 3.22. The predicted octanol–water partition coefficient (Wildman–Crippen LogP) is 5.62. The van der Waals surface area contributed by atoms with Crippen molar-refractivity contribution >= 4 is 36.0 Å². The molecular formula is C13H28PS2+. The zero-order valence-electron chi connectivity index (χ0n) is 11.2. The zero-order valence-corrected chi connectivity index (χ0v) is 13.8. The van der Waals surface area contributed by atoms with Gasteiger partial charge in [0.05, 0.1) is 25.7 Å². The second-order valence-corrected chi connectivity index (χ2v) is 10.6. The first kappa shape index (κ1) is 16.9. The van der Waals surface area contributed by atoms with E-state index in [4.69, 9.17) is 12.2 Å². The fraction of sp³-hybridized carbons (Fsp3) is 0.923. The van der Waals surface area contributed by atoms with Crippen LogP contribution in [0.25, 0.3) is 0 Å². The Morgan fingerprint density at radius 1 is 0.875 bits per heavy atom. The topological polar surface area (TPSA) is 0 Å². The molecule has 0 nitrogen and oxygen atoms in total. The van der Waals surface area contributed by atoms with Crippen LogP contribution in [0.4, 0.5) is 0 Å². The Hall–Kier alpha value is 0.870. The first-order valence-electron chi connectivity index (χ1n) is 6.72. The summed E-state index contributed by atoms with van der Waals surface area (Å²) in [6, 6.07) is 0. The van der Waals surface area contributed by atoms with Crippen LogP contribution in [0.3, 0.4) is 0 Å². The minimum absolute atomic E-state index is 1.02. The first-order chi connectivity index (χ1) is 7.63. The second-order valence-electron chi connectivity index (χ2n) is 4.66. The molecular weight excluding hydrogens is 251 g/mol. The van der Waals surface area contributed by atoms with Crippen LogP contribution in [-0.4, -0.2) is 22.4 Å². The average molecular weight is 279 g/mol. The monoisotopic (exact) mass is 279 g/mol. The van der Waals surface area contributed by atoms with Gasteiger partial charge in [0.2, 0.25) is 0 Å². The molecule has 0 unspecified atom stereocenters. The van der Waals surface area contributed by atoms with Crippen LogP contribution in [-0.2, 0) is 0 Å². The van der Waals surface area contributed by atoms with Gasteiger partial charge < -0.3 is 0 Å². The van der Waals surface area contributed by atoms with E-state index in [1.54, 1.807) is 0 Å². The predicted molar refractivity (Wildman–Crippen MR) is 87.8 cm³/mol. The van der Waals surface area contributed by atoms with Crippen LogP contribution in [0.15, 0.2) is 0 Å². The SMILES string of the molecule is CCCC[P+](CCCC)(CCCC)C(=S)S. The van der Waals surface area contributed by atoms with Crippen molar-refractivity contribution in [1.29, 1.82) is 0 Å². The Labute approximate surface area is 114 Å². The maximum atomic E-state index is 5.48. The highest BCUT2D eigenvalue weighted by molar-refractivity contribution is 8.31. The van der Waals surface area contributed by atoms with E-state index in [9.17, 15) is 0 Å². The largest absolute Gasteiger partial charge is 0.186 e. The summed E-state index contributed by atoms with van der Waals surface area (Å²) in [6.07, 6.45) is 11.9. The van der Waals surface area contributed by atoms with Crippen molar-refractivity contribution in [3.05, 3.63) is 0 Å². The molecule has 0 saturated heterocycles. The van der Waals surface area contributed by atoms with Gasteiger partial charge in [-0.05, 0) is 31.5 Å². The maximum Gasteiger partial charge on any atom is 0.186 e. The minimum atomic E-state index is -1.02. The lowest BCUT2D eigenvalue weighted by Gasteiger charge is -2.25. The lowest BCUT2D eigenvalue weighted by atomic mass is 10.4. The number of thiocarbonyl (C=S) groups is 1. The van der Waals surface area contributed by atoms with Gasteiger partial charge >= 0.3 is 0 Å². The van der Waals surface area contributed by atoms with Crippen molar-refractivity contribution < 1.29 is 0 Å². The van der Waals surface area contributed by atoms with E-state index >= 15 is 0 Å². The molecule has 0 heterocycles. The molecule has 0 aromatic heterocycles. The lowest BCUT2D eigenvalue weighted by molar-refractivity contribution is 0.843. The minimum Gasteiger partial charge on any atom is -0.0940 e. The van der Waals surface area contributed by atoms with Crippen molar-refractivity contribution in [2.45, 2.75) is 59.3 Å². The van der Waals surface area contributed by atoms with E-state index in [0.29, 0.717) is 0 Å². The molecule has 0 saturated carbocycles. The summed E-state index contributed by atoms with van der Waals surface area (Å²) in [7, 11) is -1.02. The van der Waals surface area contributed by atoms with Gasteiger partial charge in [0, 0.05) is 0 Å². The molecule has 0 bridgehead atoms. The van der Waals surface area contributed by atoms with Crippen molar-refractivity contribution in [3.63, 3.8) is 0 Å². The number of hydrogen-bond acceptors (Lipinski definition) is 1. The molecule has 0 rings (SSSR count). The summed E-state index contributed by atoms with van der Waals surface area (Å²) in [5.41, 5.74) is 0. The Balaban J connectivity index is 4.52. The van der Waals surface area contributed by atoms with Gasteiger partial charge in [-0.1, -0.05) is 52.7 Å². The van der Waals surface area contributed by atoms with Crippen LogP contribution in [0.5, 0.6) is 0 Å². The van der Waals surface area contributed by atoms with Gasteiger partial charge in [-0.25, -0.2) is 0 Å². The van der Waals surface area contributed by atoms with Crippen LogP contribution in [0.2, 0.25) is 0 Å². The Morgan fingerprint density at radius 2 is 1.19 bits per heavy atom. The molecule has 0 aliphatic carbocycles. The molecule has 0 atom stereocenters. The molecule has 0 aromatic rings. The van der Waals surface area contributed by atoms with Gasteiger partial charge in [-0.3, -0.25) is 0 Å². The molecule has 0 N–H and O–H groups in total. The van der Waals surface area contributed by atoms with Crippen LogP contribution < -0.4 is 0 Å². The maximum absolute atomic E-state index is 5.48. The van der Waals surface area contributed by atoms with E-state index in [1.165, 1.54) is 57.0 Å². The summed E-state index contributed by atoms with van der Waals surface area (Å²) in [5.74, 6) is 0. The summed E-state index contributed by atoms with van der Waals surface area (Å²) in [4.78, 5) is 0. The fourth-order valence-electron chi connectivity index (χ4n) is 2.00. The van der Waals surface area contributed by atoms with Gasteiger partial charge in [0.15, 0.2) is 3.94 Å². The van der Waals surface area contributed by atoms with Crippen LogP contribution in [0, 0.1) is 0 Å². The normalized spacial score (nSPS) is 11.8. The van der Waals surface area contributed by atoms with E-state index in [-0.39, 0.29) is 0 Å². The molecule has 16 heavy (non-hydrogen) atoms. The number of thiol groups is 1. The number of rotatable bonds is 10. The summed E-state index contributed by atoms with van der Waals surface area (Å²) in [6.45, 7) is 6.82. The Bertz CT molecular complexity index is 171. The molecule has 0 radical (unpaired) electrons. The Morgan fingerprint density at radius 3 is 1.38 bits per heavy atom. The third-order valence-corrected chi connectivity index (χ3v) is 9.99. The van der Waals surface area contributed by atoms with Crippen LogP contribution >= 0.6 is 32.1 Å². The van der Waals surface area contributed by atoms with Crippen molar-refractivity contribution in [2.24, 2.45) is 0 Å². The van der Waals surface area contributed by atoms with Gasteiger partial charge in [-0.2, -0.15) is 0 Å². The average Bonchev–Trinajstić information content (AvgIpc) is 2.28. The molecule has 0 fully saturated rings. The summed E-state index contributed by atoms with van der Waals surface area (Å²) < 4.78 is 1.07. The lowest BCUT2D eigenvalue weighted by Crippen LogP contribution is -2.13. The first-order valence-corrected chi connectivity index (χ1v) is 9.92.